The van der Waals surface area contributed by atoms with Crippen LogP contribution in [0.3, 0.4) is 0 Å². The summed E-state index contributed by atoms with van der Waals surface area (Å²) in [5.41, 5.74) is 0. The van der Waals surface area contributed by atoms with Crippen LogP contribution in [0.1, 0.15) is 297 Å². The van der Waals surface area contributed by atoms with Gasteiger partial charge in [-0.2, -0.15) is 0 Å². The van der Waals surface area contributed by atoms with Crippen LogP contribution < -0.4 is 0 Å². The number of carbonyl (C=O) groups is 3. The average Bonchev–Trinajstić information content (AvgIpc) is 3.40. The molecule has 74 heavy (non-hydrogen) atoms. The van der Waals surface area contributed by atoms with Crippen molar-refractivity contribution >= 4 is 17.9 Å². The van der Waals surface area contributed by atoms with Crippen LogP contribution in [0.15, 0.2) is 97.2 Å². The van der Waals surface area contributed by atoms with E-state index in [0.717, 1.165) is 109 Å². The second-order valence-electron chi connectivity index (χ2n) is 20.6. The highest BCUT2D eigenvalue weighted by Gasteiger charge is 2.19. The molecule has 0 aliphatic rings. The summed E-state index contributed by atoms with van der Waals surface area (Å²) in [4.78, 5) is 38.2. The van der Waals surface area contributed by atoms with Gasteiger partial charge in [-0.15, -0.1) is 0 Å². The number of ether oxygens (including phenoxy) is 3. The van der Waals surface area contributed by atoms with E-state index < -0.39 is 6.10 Å². The normalized spacial score (nSPS) is 12.7. The summed E-state index contributed by atoms with van der Waals surface area (Å²) < 4.78 is 16.9. The van der Waals surface area contributed by atoms with Gasteiger partial charge in [0, 0.05) is 19.3 Å². The number of hydrogen-bond donors (Lipinski definition) is 0. The van der Waals surface area contributed by atoms with E-state index in [1.54, 1.807) is 0 Å². The van der Waals surface area contributed by atoms with E-state index in [4.69, 9.17) is 14.2 Å². The molecule has 1 atom stereocenters. The summed E-state index contributed by atoms with van der Waals surface area (Å²) in [7, 11) is 0. The lowest BCUT2D eigenvalue weighted by molar-refractivity contribution is -0.167. The van der Waals surface area contributed by atoms with Crippen molar-refractivity contribution in [3.63, 3.8) is 0 Å². The third-order valence-electron chi connectivity index (χ3n) is 13.3. The molecule has 0 fully saturated rings. The summed E-state index contributed by atoms with van der Waals surface area (Å²) >= 11 is 0. The molecule has 6 heteroatoms. The first-order valence-electron chi connectivity index (χ1n) is 31.2. The van der Waals surface area contributed by atoms with Crippen LogP contribution in [0.5, 0.6) is 0 Å². The fraction of sp³-hybridized carbons (Fsp3) is 0.721. The molecule has 0 saturated heterocycles. The molecule has 0 aromatic heterocycles. The maximum absolute atomic E-state index is 12.9. The van der Waals surface area contributed by atoms with Crippen molar-refractivity contribution in [2.24, 2.45) is 0 Å². The highest BCUT2D eigenvalue weighted by Crippen LogP contribution is 2.16. The molecule has 0 aliphatic carbocycles. The highest BCUT2D eigenvalue weighted by molar-refractivity contribution is 5.71. The van der Waals surface area contributed by atoms with Gasteiger partial charge in [0.15, 0.2) is 6.10 Å². The Morgan fingerprint density at radius 3 is 0.838 bits per heavy atom. The molecule has 424 valence electrons. The van der Waals surface area contributed by atoms with Gasteiger partial charge in [-0.05, 0) is 122 Å². The molecular formula is C68H116O6. The molecule has 0 bridgehead atoms. The van der Waals surface area contributed by atoms with Crippen LogP contribution in [0.4, 0.5) is 0 Å². The van der Waals surface area contributed by atoms with Gasteiger partial charge >= 0.3 is 17.9 Å². The lowest BCUT2D eigenvalue weighted by Gasteiger charge is -2.18. The van der Waals surface area contributed by atoms with E-state index in [1.807, 2.05) is 0 Å². The Labute approximate surface area is 457 Å². The summed E-state index contributed by atoms with van der Waals surface area (Å²) in [6.45, 7) is 6.48. The largest absolute Gasteiger partial charge is 0.462 e. The van der Waals surface area contributed by atoms with Crippen molar-refractivity contribution in [3.8, 4) is 0 Å². The highest BCUT2D eigenvalue weighted by atomic mass is 16.6. The van der Waals surface area contributed by atoms with E-state index in [-0.39, 0.29) is 31.1 Å². The van der Waals surface area contributed by atoms with Gasteiger partial charge in [-0.3, -0.25) is 14.4 Å². The Morgan fingerprint density at radius 2 is 0.527 bits per heavy atom. The van der Waals surface area contributed by atoms with Crippen LogP contribution in [0, 0.1) is 0 Å². The lowest BCUT2D eigenvalue weighted by atomic mass is 10.0. The summed E-state index contributed by atoms with van der Waals surface area (Å²) in [5.74, 6) is -0.897. The minimum absolute atomic E-state index is 0.0841. The molecule has 0 saturated carbocycles. The van der Waals surface area contributed by atoms with Gasteiger partial charge in [0.2, 0.25) is 0 Å². The molecule has 6 nitrogen and oxygen atoms in total. The molecule has 0 amide bonds. The van der Waals surface area contributed by atoms with Crippen molar-refractivity contribution in [1.29, 1.82) is 0 Å². The zero-order valence-electron chi connectivity index (χ0n) is 48.6. The fourth-order valence-electron chi connectivity index (χ4n) is 8.61. The van der Waals surface area contributed by atoms with Crippen molar-refractivity contribution in [2.45, 2.75) is 303 Å². The van der Waals surface area contributed by atoms with Gasteiger partial charge < -0.3 is 14.2 Å². The van der Waals surface area contributed by atoms with E-state index >= 15 is 0 Å². The van der Waals surface area contributed by atoms with Crippen LogP contribution in [-0.2, 0) is 28.6 Å². The monoisotopic (exact) mass is 1030 g/mol. The van der Waals surface area contributed by atoms with Crippen molar-refractivity contribution in [2.75, 3.05) is 13.2 Å². The fourth-order valence-corrected chi connectivity index (χ4v) is 8.61. The zero-order chi connectivity index (χ0) is 53.6. The maximum Gasteiger partial charge on any atom is 0.306 e. The van der Waals surface area contributed by atoms with Crippen LogP contribution >= 0.6 is 0 Å². The Bertz CT molecular complexity index is 1460. The van der Waals surface area contributed by atoms with Crippen molar-refractivity contribution in [1.82, 2.24) is 0 Å². The van der Waals surface area contributed by atoms with Gasteiger partial charge in [-0.25, -0.2) is 0 Å². The third kappa shape index (κ3) is 59.2. The maximum atomic E-state index is 12.9. The molecule has 0 rings (SSSR count). The molecule has 0 spiro atoms. The van der Waals surface area contributed by atoms with Crippen LogP contribution in [0.2, 0.25) is 0 Å². The first kappa shape index (κ1) is 70.3. The van der Waals surface area contributed by atoms with Crippen LogP contribution in [0.25, 0.3) is 0 Å². The lowest BCUT2D eigenvalue weighted by Crippen LogP contribution is -2.30. The minimum Gasteiger partial charge on any atom is -0.462 e. The summed E-state index contributed by atoms with van der Waals surface area (Å²) in [6.07, 6.45) is 82.6. The summed E-state index contributed by atoms with van der Waals surface area (Å²) in [6, 6.07) is 0. The van der Waals surface area contributed by atoms with Gasteiger partial charge in [0.1, 0.15) is 13.2 Å². The van der Waals surface area contributed by atoms with Gasteiger partial charge in [0.05, 0.1) is 0 Å². The van der Waals surface area contributed by atoms with Crippen molar-refractivity contribution < 1.29 is 28.6 Å². The number of esters is 3. The smallest absolute Gasteiger partial charge is 0.306 e. The molecule has 0 aromatic rings. The molecule has 0 N–H and O–H groups in total. The van der Waals surface area contributed by atoms with Gasteiger partial charge in [0.25, 0.3) is 0 Å². The second-order valence-corrected chi connectivity index (χ2v) is 20.6. The van der Waals surface area contributed by atoms with Crippen LogP contribution in [-0.4, -0.2) is 37.2 Å². The Hall–Kier alpha value is -3.67. The van der Waals surface area contributed by atoms with E-state index in [2.05, 4.69) is 118 Å². The predicted molar refractivity (Wildman–Crippen MR) is 320 cm³/mol. The second kappa shape index (κ2) is 61.9. The number of allylic oxidation sites excluding steroid dienone is 16. The average molecular weight is 1030 g/mol. The standard InChI is InChI=1S/C68H116O6/c1-4-7-10-13-16-19-22-25-27-29-30-31-32-33-34-35-36-37-38-40-41-43-46-49-52-55-58-61-67(70)73-64-65(63-72-66(69)60-57-54-51-48-45-24-21-18-15-12-9-6-3)74-68(71)62-59-56-53-50-47-44-42-39-28-26-23-20-17-14-11-8-5-2/h7,10,16-21,25-28,30-31,33-34,65H,4-6,8-9,11-15,22-24,29,32,35-64H2,1-3H3/b10-7-,19-16-,20-17-,21-18-,27-25-,28-26-,31-30-,34-33-. The molecule has 0 aliphatic heterocycles. The Balaban J connectivity index is 4.29. The quantitative estimate of drug-likeness (QED) is 0.0261. The minimum atomic E-state index is -0.787. The van der Waals surface area contributed by atoms with Crippen molar-refractivity contribution in [3.05, 3.63) is 97.2 Å². The predicted octanol–water partition coefficient (Wildman–Crippen LogP) is 21.3. The number of rotatable bonds is 56. The van der Waals surface area contributed by atoms with E-state index in [9.17, 15) is 14.4 Å². The number of hydrogen-bond acceptors (Lipinski definition) is 6. The molecular weight excluding hydrogens is 913 g/mol. The SMILES string of the molecule is CC/C=C\C/C=C\C/C=C\C/C=C\C/C=C\CCCCCCCCCCCCCC(=O)OCC(COC(=O)CCCCCCC/C=C\CCCCC)OC(=O)CCCCCCCCC/C=C\C/C=C\CCCCC. The van der Waals surface area contributed by atoms with E-state index in [1.165, 1.54) is 148 Å². The Morgan fingerprint density at radius 1 is 0.284 bits per heavy atom. The first-order chi connectivity index (χ1) is 36.5. The molecule has 0 heterocycles. The van der Waals surface area contributed by atoms with Gasteiger partial charge in [-0.1, -0.05) is 253 Å². The number of unbranched alkanes of at least 4 members (excludes halogenated alkanes) is 29. The topological polar surface area (TPSA) is 78.9 Å². The Kier molecular flexibility index (Phi) is 58.8. The first-order valence-corrected chi connectivity index (χ1v) is 31.2. The zero-order valence-corrected chi connectivity index (χ0v) is 48.6. The summed E-state index contributed by atoms with van der Waals surface area (Å²) in [5, 5.41) is 0. The number of carbonyl (C=O) groups excluding carboxylic acids is 3. The molecule has 0 radical (unpaired) electrons. The molecule has 1 unspecified atom stereocenters. The third-order valence-corrected chi connectivity index (χ3v) is 13.3. The van der Waals surface area contributed by atoms with E-state index in [0.29, 0.717) is 19.3 Å². The molecule has 0 aromatic carbocycles.